The monoisotopic (exact) mass is 279 g/mol. The van der Waals surface area contributed by atoms with Crippen molar-refractivity contribution in [3.63, 3.8) is 0 Å². The van der Waals surface area contributed by atoms with Crippen LogP contribution in [0.5, 0.6) is 0 Å². The number of nitrogens with one attached hydrogen (secondary N) is 1. The zero-order chi connectivity index (χ0) is 14.4. The Labute approximate surface area is 120 Å². The van der Waals surface area contributed by atoms with Crippen LogP contribution in [0.3, 0.4) is 0 Å². The van der Waals surface area contributed by atoms with Gasteiger partial charge in [-0.05, 0) is 64.3 Å². The molecule has 0 aliphatic carbocycles. The predicted octanol–water partition coefficient (Wildman–Crippen LogP) is 4.90. The molecule has 0 fully saturated rings. The molecule has 0 amide bonds. The highest BCUT2D eigenvalue weighted by Gasteiger charge is 2.17. The second kappa shape index (κ2) is 4.84. The van der Waals surface area contributed by atoms with Crippen molar-refractivity contribution in [3.8, 4) is 0 Å². The van der Waals surface area contributed by atoms with Crippen LogP contribution in [0.4, 0.5) is 0 Å². The van der Waals surface area contributed by atoms with Crippen LogP contribution in [0.25, 0.3) is 11.0 Å². The van der Waals surface area contributed by atoms with E-state index in [4.69, 9.17) is 16.0 Å². The summed E-state index contributed by atoms with van der Waals surface area (Å²) in [7, 11) is 0. The van der Waals surface area contributed by atoms with Crippen LogP contribution >= 0.6 is 11.6 Å². The van der Waals surface area contributed by atoms with E-state index in [9.17, 15) is 0 Å². The van der Waals surface area contributed by atoms with Crippen LogP contribution in [0.2, 0.25) is 5.02 Å². The van der Waals surface area contributed by atoms with Gasteiger partial charge in [-0.25, -0.2) is 0 Å². The van der Waals surface area contributed by atoms with Gasteiger partial charge in [0.2, 0.25) is 0 Å². The fourth-order valence-corrected chi connectivity index (χ4v) is 2.48. The fourth-order valence-electron chi connectivity index (χ4n) is 2.33. The molecule has 0 atom stereocenters. The van der Waals surface area contributed by atoms with Gasteiger partial charge in [0.05, 0.1) is 6.54 Å². The van der Waals surface area contributed by atoms with Gasteiger partial charge in [0.25, 0.3) is 0 Å². The molecule has 1 N–H and O–H groups in total. The summed E-state index contributed by atoms with van der Waals surface area (Å²) in [4.78, 5) is 0. The average molecular weight is 280 g/mol. The molecule has 0 spiro atoms. The Morgan fingerprint density at radius 3 is 2.37 bits per heavy atom. The van der Waals surface area contributed by atoms with Crippen LogP contribution in [0.15, 0.2) is 10.5 Å². The number of hydrogen-bond donors (Lipinski definition) is 1. The molecule has 0 saturated heterocycles. The molecule has 0 aliphatic heterocycles. The van der Waals surface area contributed by atoms with Crippen molar-refractivity contribution in [2.24, 2.45) is 0 Å². The average Bonchev–Trinajstić information content (AvgIpc) is 2.59. The van der Waals surface area contributed by atoms with E-state index in [2.05, 4.69) is 39.9 Å². The van der Waals surface area contributed by atoms with E-state index in [1.807, 2.05) is 13.0 Å². The molecule has 1 aromatic heterocycles. The van der Waals surface area contributed by atoms with Crippen molar-refractivity contribution in [1.29, 1.82) is 0 Å². The van der Waals surface area contributed by atoms with Crippen LogP contribution in [0.1, 0.15) is 43.2 Å². The minimum Gasteiger partial charge on any atom is -0.459 e. The van der Waals surface area contributed by atoms with Crippen molar-refractivity contribution in [1.82, 2.24) is 5.32 Å². The standard InChI is InChI=1S/C16H22ClNO/c1-9-7-12-14(11(3)15(9)17)10(2)13(19-12)8-18-16(4,5)6/h7,18H,8H2,1-6H3. The quantitative estimate of drug-likeness (QED) is 0.846. The molecule has 0 bridgehead atoms. The van der Waals surface area contributed by atoms with E-state index in [0.717, 1.165) is 39.4 Å². The Kier molecular flexibility index (Phi) is 3.67. The summed E-state index contributed by atoms with van der Waals surface area (Å²) in [6.45, 7) is 13.4. The van der Waals surface area contributed by atoms with Gasteiger partial charge >= 0.3 is 0 Å². The van der Waals surface area contributed by atoms with Crippen molar-refractivity contribution in [3.05, 3.63) is 33.5 Å². The first-order valence-corrected chi connectivity index (χ1v) is 7.01. The lowest BCUT2D eigenvalue weighted by atomic mass is 10.0. The van der Waals surface area contributed by atoms with Gasteiger partial charge < -0.3 is 9.73 Å². The molecule has 19 heavy (non-hydrogen) atoms. The molecule has 2 aromatic rings. The molecule has 2 nitrogen and oxygen atoms in total. The second-order valence-corrected chi connectivity index (χ2v) is 6.64. The van der Waals surface area contributed by atoms with Gasteiger partial charge in [-0.2, -0.15) is 0 Å². The highest BCUT2D eigenvalue weighted by molar-refractivity contribution is 6.33. The number of fused-ring (bicyclic) bond motifs is 1. The molecule has 0 aliphatic rings. The van der Waals surface area contributed by atoms with Crippen LogP contribution in [-0.4, -0.2) is 5.54 Å². The molecule has 0 saturated carbocycles. The van der Waals surface area contributed by atoms with Crippen molar-refractivity contribution < 1.29 is 4.42 Å². The molecule has 3 heteroatoms. The lowest BCUT2D eigenvalue weighted by Gasteiger charge is -2.19. The first-order chi connectivity index (χ1) is 8.70. The molecular weight excluding hydrogens is 258 g/mol. The normalized spacial score (nSPS) is 12.4. The van der Waals surface area contributed by atoms with Crippen molar-refractivity contribution in [2.45, 2.75) is 53.6 Å². The minimum absolute atomic E-state index is 0.0774. The lowest BCUT2D eigenvalue weighted by Crippen LogP contribution is -2.35. The fraction of sp³-hybridized carbons (Fsp3) is 0.500. The van der Waals surface area contributed by atoms with Crippen molar-refractivity contribution >= 4 is 22.6 Å². The van der Waals surface area contributed by atoms with E-state index in [1.165, 1.54) is 5.56 Å². The van der Waals surface area contributed by atoms with E-state index >= 15 is 0 Å². The third-order valence-electron chi connectivity index (χ3n) is 3.45. The third-order valence-corrected chi connectivity index (χ3v) is 4.03. The minimum atomic E-state index is 0.0774. The highest BCUT2D eigenvalue weighted by atomic mass is 35.5. The molecule has 0 unspecified atom stereocenters. The summed E-state index contributed by atoms with van der Waals surface area (Å²) in [6.07, 6.45) is 0. The Morgan fingerprint density at radius 2 is 1.79 bits per heavy atom. The van der Waals surface area contributed by atoms with Crippen LogP contribution in [-0.2, 0) is 6.54 Å². The van der Waals surface area contributed by atoms with Gasteiger partial charge in [-0.15, -0.1) is 0 Å². The zero-order valence-corrected chi connectivity index (χ0v) is 13.3. The number of halogens is 1. The summed E-state index contributed by atoms with van der Waals surface area (Å²) in [5.41, 5.74) is 4.37. The zero-order valence-electron chi connectivity index (χ0n) is 12.6. The van der Waals surface area contributed by atoms with E-state index in [0.29, 0.717) is 0 Å². The molecular formula is C16H22ClNO. The maximum absolute atomic E-state index is 6.33. The molecule has 2 rings (SSSR count). The van der Waals surface area contributed by atoms with Gasteiger partial charge in [0, 0.05) is 15.9 Å². The van der Waals surface area contributed by atoms with E-state index in [-0.39, 0.29) is 5.54 Å². The number of benzene rings is 1. The Hall–Kier alpha value is -0.990. The summed E-state index contributed by atoms with van der Waals surface area (Å²) in [5.74, 6) is 0.995. The predicted molar refractivity (Wildman–Crippen MR) is 82.0 cm³/mol. The molecule has 0 radical (unpaired) electrons. The van der Waals surface area contributed by atoms with Gasteiger partial charge in [0.15, 0.2) is 0 Å². The largest absolute Gasteiger partial charge is 0.459 e. The van der Waals surface area contributed by atoms with E-state index < -0.39 is 0 Å². The first-order valence-electron chi connectivity index (χ1n) is 6.63. The number of rotatable bonds is 2. The van der Waals surface area contributed by atoms with Crippen LogP contribution in [0, 0.1) is 20.8 Å². The SMILES string of the molecule is Cc1cc2oc(CNC(C)(C)C)c(C)c2c(C)c1Cl. The van der Waals surface area contributed by atoms with Gasteiger partial charge in [-0.3, -0.25) is 0 Å². The van der Waals surface area contributed by atoms with Gasteiger partial charge in [-0.1, -0.05) is 11.6 Å². The summed E-state index contributed by atoms with van der Waals surface area (Å²) in [5, 5.41) is 5.46. The second-order valence-electron chi connectivity index (χ2n) is 6.26. The third kappa shape index (κ3) is 2.80. The first kappa shape index (κ1) is 14.4. The summed E-state index contributed by atoms with van der Waals surface area (Å²) < 4.78 is 5.99. The molecule has 1 aromatic carbocycles. The van der Waals surface area contributed by atoms with Crippen LogP contribution < -0.4 is 5.32 Å². The maximum Gasteiger partial charge on any atom is 0.135 e. The number of aryl methyl sites for hydroxylation is 3. The van der Waals surface area contributed by atoms with Crippen molar-refractivity contribution in [2.75, 3.05) is 0 Å². The van der Waals surface area contributed by atoms with Gasteiger partial charge in [0.1, 0.15) is 11.3 Å². The Morgan fingerprint density at radius 1 is 1.16 bits per heavy atom. The molecule has 104 valence electrons. The highest BCUT2D eigenvalue weighted by Crippen LogP contribution is 2.34. The Bertz CT molecular complexity index is 620. The summed E-state index contributed by atoms with van der Waals surface area (Å²) in [6, 6.07) is 2.03. The smallest absolute Gasteiger partial charge is 0.135 e. The van der Waals surface area contributed by atoms with E-state index in [1.54, 1.807) is 0 Å². The Balaban J connectivity index is 2.49. The molecule has 1 heterocycles. The number of hydrogen-bond acceptors (Lipinski definition) is 2. The lowest BCUT2D eigenvalue weighted by molar-refractivity contribution is 0.394. The maximum atomic E-state index is 6.33. The number of furan rings is 1. The summed E-state index contributed by atoms with van der Waals surface area (Å²) >= 11 is 6.33. The topological polar surface area (TPSA) is 25.2 Å².